The van der Waals surface area contributed by atoms with Crippen LogP contribution in [0.1, 0.15) is 23.2 Å². The Balaban J connectivity index is 1.45. The Morgan fingerprint density at radius 2 is 1.77 bits per heavy atom. The van der Waals surface area contributed by atoms with Crippen molar-refractivity contribution in [3.8, 4) is 11.4 Å². The van der Waals surface area contributed by atoms with Crippen molar-refractivity contribution >= 4 is 33.3 Å². The van der Waals surface area contributed by atoms with Gasteiger partial charge in [0, 0.05) is 63.1 Å². The summed E-state index contributed by atoms with van der Waals surface area (Å²) in [5, 5.41) is 9.61. The van der Waals surface area contributed by atoms with Gasteiger partial charge in [-0.15, -0.1) is 11.3 Å². The average Bonchev–Trinajstić information content (AvgIpc) is 3.19. The monoisotopic (exact) mass is 497 g/mol. The molecule has 0 bridgehead atoms. The molecule has 2 aliphatic rings. The second-order valence-corrected chi connectivity index (χ2v) is 10.2. The zero-order valence-corrected chi connectivity index (χ0v) is 21.2. The van der Waals surface area contributed by atoms with Crippen molar-refractivity contribution in [2.45, 2.75) is 33.4 Å². The molecule has 3 aromatic rings. The van der Waals surface area contributed by atoms with Crippen molar-refractivity contribution in [1.82, 2.24) is 29.7 Å². The third-order valence-electron chi connectivity index (χ3n) is 6.60. The average molecular weight is 498 g/mol. The molecule has 5 heterocycles. The van der Waals surface area contributed by atoms with Gasteiger partial charge in [-0.2, -0.15) is 0 Å². The number of aromatic nitrogens is 4. The molecular formula is C24H31N7O3S. The zero-order chi connectivity index (χ0) is 24.5. The van der Waals surface area contributed by atoms with Crippen molar-refractivity contribution in [2.75, 3.05) is 57.4 Å². The Hall–Kier alpha value is -2.73. The summed E-state index contributed by atoms with van der Waals surface area (Å²) in [6, 6.07) is 0. The molecule has 2 fully saturated rings. The van der Waals surface area contributed by atoms with Crippen LogP contribution in [0.15, 0.2) is 12.4 Å². The van der Waals surface area contributed by atoms with E-state index in [2.05, 4.69) is 26.7 Å². The Bertz CT molecular complexity index is 1200. The van der Waals surface area contributed by atoms with Gasteiger partial charge in [0.05, 0.1) is 29.0 Å². The number of fused-ring (bicyclic) bond motifs is 1. The van der Waals surface area contributed by atoms with Crippen LogP contribution in [0.25, 0.3) is 21.6 Å². The molecule has 2 saturated heterocycles. The summed E-state index contributed by atoms with van der Waals surface area (Å²) in [7, 11) is 0. The molecule has 10 nitrogen and oxygen atoms in total. The van der Waals surface area contributed by atoms with Crippen LogP contribution >= 0.6 is 11.3 Å². The highest BCUT2D eigenvalue weighted by Crippen LogP contribution is 2.38. The lowest BCUT2D eigenvalue weighted by Crippen LogP contribution is -2.50. The van der Waals surface area contributed by atoms with Crippen LogP contribution in [-0.2, 0) is 16.1 Å². The van der Waals surface area contributed by atoms with Crippen LogP contribution < -0.4 is 4.90 Å². The van der Waals surface area contributed by atoms with E-state index in [9.17, 15) is 9.90 Å². The highest BCUT2D eigenvalue weighted by atomic mass is 32.1. The molecule has 1 atom stereocenters. The first-order valence-electron chi connectivity index (χ1n) is 12.0. The van der Waals surface area contributed by atoms with Crippen LogP contribution in [0.3, 0.4) is 0 Å². The fraction of sp³-hybridized carbons (Fsp3) is 0.542. The summed E-state index contributed by atoms with van der Waals surface area (Å²) in [5.74, 6) is 2.10. The van der Waals surface area contributed by atoms with E-state index in [1.807, 2.05) is 6.92 Å². The Morgan fingerprint density at radius 3 is 2.43 bits per heavy atom. The molecule has 3 aromatic heterocycles. The van der Waals surface area contributed by atoms with Gasteiger partial charge in [0.2, 0.25) is 0 Å². The molecule has 35 heavy (non-hydrogen) atoms. The number of anilines is 1. The SMILES string of the molecule is Cc1ncc(-c2nc(N3CCOCC3)c3sc(CN4CCN(C(=O)[C@H](C)O)CC4)c(C)c3n2)cn1. The minimum Gasteiger partial charge on any atom is -0.384 e. The lowest BCUT2D eigenvalue weighted by molar-refractivity contribution is -0.141. The Kier molecular flexibility index (Phi) is 6.92. The van der Waals surface area contributed by atoms with Crippen LogP contribution in [0.2, 0.25) is 0 Å². The highest BCUT2D eigenvalue weighted by molar-refractivity contribution is 7.19. The second kappa shape index (κ2) is 10.1. The highest BCUT2D eigenvalue weighted by Gasteiger charge is 2.26. The molecule has 0 unspecified atom stereocenters. The number of rotatable bonds is 5. The van der Waals surface area contributed by atoms with Gasteiger partial charge in [0.25, 0.3) is 5.91 Å². The van der Waals surface area contributed by atoms with Crippen molar-refractivity contribution in [2.24, 2.45) is 0 Å². The van der Waals surface area contributed by atoms with Gasteiger partial charge in [-0.05, 0) is 26.3 Å². The van der Waals surface area contributed by atoms with E-state index in [-0.39, 0.29) is 5.91 Å². The van der Waals surface area contributed by atoms with Gasteiger partial charge in [-0.3, -0.25) is 9.69 Å². The standard InChI is InChI=1S/C24H31N7O3S/c1-15-19(14-29-4-6-31(7-5-29)24(33)16(2)32)35-21-20(15)27-22(18-12-25-17(3)26-13-18)28-23(21)30-8-10-34-11-9-30/h12-13,16,32H,4-11,14H2,1-3H3/t16-/m0/s1. The quantitative estimate of drug-likeness (QED) is 0.563. The normalized spacial score (nSPS) is 18.3. The van der Waals surface area contributed by atoms with E-state index in [1.165, 1.54) is 17.4 Å². The summed E-state index contributed by atoms with van der Waals surface area (Å²) in [4.78, 5) is 38.4. The molecule has 0 spiro atoms. The van der Waals surface area contributed by atoms with E-state index in [0.29, 0.717) is 38.0 Å². The summed E-state index contributed by atoms with van der Waals surface area (Å²) in [6.07, 6.45) is 2.61. The molecule has 5 rings (SSSR count). The maximum atomic E-state index is 12.1. The lowest BCUT2D eigenvalue weighted by atomic mass is 10.2. The van der Waals surface area contributed by atoms with Gasteiger partial charge in [0.1, 0.15) is 11.9 Å². The maximum Gasteiger partial charge on any atom is 0.251 e. The minimum atomic E-state index is -0.948. The number of thiophene rings is 1. The third-order valence-corrected chi connectivity index (χ3v) is 7.87. The Labute approximate surface area is 208 Å². The number of morpholine rings is 1. The molecule has 11 heteroatoms. The summed E-state index contributed by atoms with van der Waals surface area (Å²) >= 11 is 1.76. The van der Waals surface area contributed by atoms with E-state index in [4.69, 9.17) is 14.7 Å². The first-order valence-corrected chi connectivity index (χ1v) is 12.8. The smallest absolute Gasteiger partial charge is 0.251 e. The van der Waals surface area contributed by atoms with Crippen molar-refractivity contribution in [1.29, 1.82) is 0 Å². The molecule has 1 N–H and O–H groups in total. The maximum absolute atomic E-state index is 12.1. The fourth-order valence-electron chi connectivity index (χ4n) is 4.49. The van der Waals surface area contributed by atoms with Gasteiger partial charge in [-0.1, -0.05) is 0 Å². The zero-order valence-electron chi connectivity index (χ0n) is 20.4. The summed E-state index contributed by atoms with van der Waals surface area (Å²) < 4.78 is 6.68. The Morgan fingerprint density at radius 1 is 1.09 bits per heavy atom. The molecular weight excluding hydrogens is 466 g/mol. The van der Waals surface area contributed by atoms with Gasteiger partial charge in [-0.25, -0.2) is 19.9 Å². The number of hydrogen-bond donors (Lipinski definition) is 1. The number of aliphatic hydroxyl groups is 1. The number of carbonyl (C=O) groups excluding carboxylic acids is 1. The number of ether oxygens (including phenoxy) is 1. The number of carbonyl (C=O) groups is 1. The van der Waals surface area contributed by atoms with E-state index >= 15 is 0 Å². The van der Waals surface area contributed by atoms with Crippen molar-refractivity contribution < 1.29 is 14.6 Å². The van der Waals surface area contributed by atoms with Gasteiger partial charge < -0.3 is 19.6 Å². The summed E-state index contributed by atoms with van der Waals surface area (Å²) in [5.41, 5.74) is 2.94. The summed E-state index contributed by atoms with van der Waals surface area (Å²) in [6.45, 7) is 12.1. The number of nitrogens with zero attached hydrogens (tertiary/aromatic N) is 7. The van der Waals surface area contributed by atoms with Crippen LogP contribution in [0.4, 0.5) is 5.82 Å². The van der Waals surface area contributed by atoms with Crippen LogP contribution in [0, 0.1) is 13.8 Å². The first-order chi connectivity index (χ1) is 16.9. The molecule has 0 saturated carbocycles. The van der Waals surface area contributed by atoms with Crippen molar-refractivity contribution in [3.63, 3.8) is 0 Å². The molecule has 186 valence electrons. The number of piperazine rings is 1. The molecule has 0 aromatic carbocycles. The fourth-order valence-corrected chi connectivity index (χ4v) is 5.79. The lowest BCUT2D eigenvalue weighted by Gasteiger charge is -2.35. The molecule has 0 aliphatic carbocycles. The van der Waals surface area contributed by atoms with E-state index < -0.39 is 6.10 Å². The minimum absolute atomic E-state index is 0.194. The van der Waals surface area contributed by atoms with E-state index in [1.54, 1.807) is 28.6 Å². The molecule has 1 amide bonds. The number of amides is 1. The van der Waals surface area contributed by atoms with Gasteiger partial charge in [0.15, 0.2) is 11.6 Å². The van der Waals surface area contributed by atoms with E-state index in [0.717, 1.165) is 54.3 Å². The number of aryl methyl sites for hydroxylation is 2. The topological polar surface area (TPSA) is 108 Å². The third kappa shape index (κ3) is 4.99. The van der Waals surface area contributed by atoms with Crippen LogP contribution in [-0.4, -0.2) is 99.3 Å². The van der Waals surface area contributed by atoms with Gasteiger partial charge >= 0.3 is 0 Å². The number of aliphatic hydroxyl groups excluding tert-OH is 1. The largest absolute Gasteiger partial charge is 0.384 e. The van der Waals surface area contributed by atoms with Crippen LogP contribution in [0.5, 0.6) is 0 Å². The molecule has 0 radical (unpaired) electrons. The predicted octanol–water partition coefficient (Wildman–Crippen LogP) is 1.63. The molecule has 2 aliphatic heterocycles. The van der Waals surface area contributed by atoms with Crippen molar-refractivity contribution in [3.05, 3.63) is 28.7 Å². The predicted molar refractivity (Wildman–Crippen MR) is 134 cm³/mol. The first kappa shape index (κ1) is 24.0. The second-order valence-electron chi connectivity index (χ2n) is 9.09. The number of hydrogen-bond acceptors (Lipinski definition) is 10.